The molecule has 0 aliphatic rings. The standard InChI is InChI=1S/C16H16Cl2N2O2/c1-21-12-6-7-16(22-2)11(8-12)9-19-20-10-13-14(17)4-3-5-15(13)18/h3-9,20H,10H2,1-2H3/b19-9+. The van der Waals surface area contributed by atoms with E-state index in [1.807, 2.05) is 18.2 Å². The Labute approximate surface area is 139 Å². The van der Waals surface area contributed by atoms with Crippen LogP contribution in [0.3, 0.4) is 0 Å². The molecule has 0 atom stereocenters. The summed E-state index contributed by atoms with van der Waals surface area (Å²) >= 11 is 12.2. The Hall–Kier alpha value is -1.91. The normalized spacial score (nSPS) is 10.7. The van der Waals surface area contributed by atoms with Gasteiger partial charge in [0.1, 0.15) is 11.5 Å². The predicted molar refractivity (Wildman–Crippen MR) is 90.4 cm³/mol. The summed E-state index contributed by atoms with van der Waals surface area (Å²) in [5, 5.41) is 5.39. The Morgan fingerprint density at radius 3 is 2.45 bits per heavy atom. The second-order valence-electron chi connectivity index (χ2n) is 4.40. The highest BCUT2D eigenvalue weighted by Crippen LogP contribution is 2.24. The van der Waals surface area contributed by atoms with Crippen LogP contribution in [0.25, 0.3) is 0 Å². The van der Waals surface area contributed by atoms with Gasteiger partial charge in [-0.1, -0.05) is 29.3 Å². The topological polar surface area (TPSA) is 42.9 Å². The summed E-state index contributed by atoms with van der Waals surface area (Å²) in [5.74, 6) is 1.44. The van der Waals surface area contributed by atoms with Gasteiger partial charge < -0.3 is 14.9 Å². The highest BCUT2D eigenvalue weighted by molar-refractivity contribution is 6.35. The van der Waals surface area contributed by atoms with Crippen LogP contribution in [-0.2, 0) is 6.54 Å². The minimum atomic E-state index is 0.432. The number of halogens is 2. The average Bonchev–Trinajstić information content (AvgIpc) is 2.53. The number of rotatable bonds is 6. The molecule has 22 heavy (non-hydrogen) atoms. The first-order valence-corrected chi connectivity index (χ1v) is 7.32. The summed E-state index contributed by atoms with van der Waals surface area (Å²) < 4.78 is 10.5. The number of hydrogen-bond acceptors (Lipinski definition) is 4. The third-order valence-corrected chi connectivity index (χ3v) is 3.76. The molecular weight excluding hydrogens is 323 g/mol. The summed E-state index contributed by atoms with van der Waals surface area (Å²) in [6.07, 6.45) is 1.66. The van der Waals surface area contributed by atoms with Crippen molar-refractivity contribution < 1.29 is 9.47 Å². The molecule has 4 nitrogen and oxygen atoms in total. The fourth-order valence-electron chi connectivity index (χ4n) is 1.88. The molecule has 0 amide bonds. The van der Waals surface area contributed by atoms with Crippen LogP contribution in [0.4, 0.5) is 0 Å². The van der Waals surface area contributed by atoms with Gasteiger partial charge in [0.2, 0.25) is 0 Å². The number of nitrogens with zero attached hydrogens (tertiary/aromatic N) is 1. The molecule has 2 aromatic carbocycles. The van der Waals surface area contributed by atoms with Crippen LogP contribution in [0.2, 0.25) is 10.0 Å². The smallest absolute Gasteiger partial charge is 0.127 e. The molecule has 0 aliphatic heterocycles. The van der Waals surface area contributed by atoms with Crippen molar-refractivity contribution in [2.45, 2.75) is 6.54 Å². The van der Waals surface area contributed by atoms with Crippen LogP contribution in [0.1, 0.15) is 11.1 Å². The molecule has 2 aromatic rings. The van der Waals surface area contributed by atoms with Gasteiger partial charge in [-0.25, -0.2) is 0 Å². The van der Waals surface area contributed by atoms with E-state index < -0.39 is 0 Å². The van der Waals surface area contributed by atoms with Crippen LogP contribution < -0.4 is 14.9 Å². The Balaban J connectivity index is 2.07. The lowest BCUT2D eigenvalue weighted by atomic mass is 10.2. The van der Waals surface area contributed by atoms with Gasteiger partial charge >= 0.3 is 0 Å². The molecule has 1 N–H and O–H groups in total. The molecule has 0 saturated carbocycles. The first-order valence-electron chi connectivity index (χ1n) is 6.56. The summed E-state index contributed by atoms with van der Waals surface area (Å²) in [6, 6.07) is 10.9. The summed E-state index contributed by atoms with van der Waals surface area (Å²) in [6.45, 7) is 0.432. The SMILES string of the molecule is COc1ccc(OC)c(/C=N/NCc2c(Cl)cccc2Cl)c1. The van der Waals surface area contributed by atoms with E-state index in [4.69, 9.17) is 32.7 Å². The highest BCUT2D eigenvalue weighted by Gasteiger charge is 2.05. The molecule has 0 aliphatic carbocycles. The zero-order chi connectivity index (χ0) is 15.9. The van der Waals surface area contributed by atoms with Crippen LogP contribution >= 0.6 is 23.2 Å². The number of nitrogens with one attached hydrogen (secondary N) is 1. The number of hydrazone groups is 1. The lowest BCUT2D eigenvalue weighted by Gasteiger charge is -2.08. The van der Waals surface area contributed by atoms with Crippen molar-refractivity contribution in [1.82, 2.24) is 5.43 Å². The van der Waals surface area contributed by atoms with E-state index in [1.54, 1.807) is 38.6 Å². The van der Waals surface area contributed by atoms with Crippen LogP contribution in [0, 0.1) is 0 Å². The van der Waals surface area contributed by atoms with Crippen molar-refractivity contribution in [2.75, 3.05) is 14.2 Å². The lowest BCUT2D eigenvalue weighted by molar-refractivity contribution is 0.402. The van der Waals surface area contributed by atoms with Crippen molar-refractivity contribution in [1.29, 1.82) is 0 Å². The zero-order valence-electron chi connectivity index (χ0n) is 12.3. The largest absolute Gasteiger partial charge is 0.497 e. The first-order chi connectivity index (χ1) is 10.7. The fraction of sp³-hybridized carbons (Fsp3) is 0.188. The number of methoxy groups -OCH3 is 2. The van der Waals surface area contributed by atoms with Crippen molar-refractivity contribution >= 4 is 29.4 Å². The molecule has 0 fully saturated rings. The van der Waals surface area contributed by atoms with E-state index in [9.17, 15) is 0 Å². The van der Waals surface area contributed by atoms with Gasteiger partial charge in [0.15, 0.2) is 0 Å². The molecular formula is C16H16Cl2N2O2. The maximum atomic E-state index is 6.10. The second kappa shape index (κ2) is 7.92. The highest BCUT2D eigenvalue weighted by atomic mass is 35.5. The molecule has 0 heterocycles. The molecule has 0 spiro atoms. The quantitative estimate of drug-likeness (QED) is 0.636. The molecule has 0 bridgehead atoms. The molecule has 0 unspecified atom stereocenters. The van der Waals surface area contributed by atoms with Gasteiger partial charge in [-0.3, -0.25) is 0 Å². The van der Waals surface area contributed by atoms with Gasteiger partial charge in [-0.05, 0) is 30.3 Å². The minimum Gasteiger partial charge on any atom is -0.497 e. The Morgan fingerprint density at radius 2 is 1.82 bits per heavy atom. The maximum absolute atomic E-state index is 6.10. The molecule has 0 saturated heterocycles. The number of ether oxygens (including phenoxy) is 2. The first kappa shape index (κ1) is 16.5. The van der Waals surface area contributed by atoms with Crippen LogP contribution in [0.5, 0.6) is 11.5 Å². The third-order valence-electron chi connectivity index (χ3n) is 3.05. The van der Waals surface area contributed by atoms with Crippen molar-refractivity contribution in [3.8, 4) is 11.5 Å². The van der Waals surface area contributed by atoms with Crippen LogP contribution in [-0.4, -0.2) is 20.4 Å². The van der Waals surface area contributed by atoms with Crippen molar-refractivity contribution in [2.24, 2.45) is 5.10 Å². The Morgan fingerprint density at radius 1 is 1.09 bits per heavy atom. The Kier molecular flexibility index (Phi) is 5.92. The molecule has 0 radical (unpaired) electrons. The predicted octanol–water partition coefficient (Wildman–Crippen LogP) is 4.13. The van der Waals surface area contributed by atoms with E-state index in [-0.39, 0.29) is 0 Å². The zero-order valence-corrected chi connectivity index (χ0v) is 13.8. The lowest BCUT2D eigenvalue weighted by Crippen LogP contribution is -2.07. The number of benzene rings is 2. The van der Waals surface area contributed by atoms with Crippen LogP contribution in [0.15, 0.2) is 41.5 Å². The second-order valence-corrected chi connectivity index (χ2v) is 5.22. The molecule has 0 aromatic heterocycles. The molecule has 6 heteroatoms. The van der Waals surface area contributed by atoms with E-state index in [1.165, 1.54) is 0 Å². The van der Waals surface area contributed by atoms with Crippen molar-refractivity contribution in [3.05, 3.63) is 57.6 Å². The molecule has 116 valence electrons. The monoisotopic (exact) mass is 338 g/mol. The van der Waals surface area contributed by atoms with Gasteiger partial charge in [0.25, 0.3) is 0 Å². The molecule has 2 rings (SSSR count). The Bertz CT molecular complexity index is 655. The minimum absolute atomic E-state index is 0.432. The number of hydrogen-bond donors (Lipinski definition) is 1. The van der Waals surface area contributed by atoms with Crippen molar-refractivity contribution in [3.63, 3.8) is 0 Å². The van der Waals surface area contributed by atoms with Gasteiger partial charge in [-0.2, -0.15) is 5.10 Å². The van der Waals surface area contributed by atoms with E-state index in [0.29, 0.717) is 22.3 Å². The van der Waals surface area contributed by atoms with Gasteiger partial charge in [-0.15, -0.1) is 0 Å². The van der Waals surface area contributed by atoms with E-state index >= 15 is 0 Å². The summed E-state index contributed by atoms with van der Waals surface area (Å²) in [5.41, 5.74) is 4.54. The van der Waals surface area contributed by atoms with Gasteiger partial charge in [0, 0.05) is 21.2 Å². The summed E-state index contributed by atoms with van der Waals surface area (Å²) in [4.78, 5) is 0. The third kappa shape index (κ3) is 4.06. The average molecular weight is 339 g/mol. The van der Waals surface area contributed by atoms with Gasteiger partial charge in [0.05, 0.1) is 27.0 Å². The van der Waals surface area contributed by atoms with E-state index in [0.717, 1.165) is 16.9 Å². The van der Waals surface area contributed by atoms with E-state index in [2.05, 4.69) is 10.5 Å². The summed E-state index contributed by atoms with van der Waals surface area (Å²) in [7, 11) is 3.22. The fourth-order valence-corrected chi connectivity index (χ4v) is 2.41. The maximum Gasteiger partial charge on any atom is 0.127 e.